The molecule has 254 valence electrons. The van der Waals surface area contributed by atoms with Gasteiger partial charge >= 0.3 is 6.09 Å². The summed E-state index contributed by atoms with van der Waals surface area (Å²) in [6.07, 6.45) is 9.07. The van der Waals surface area contributed by atoms with E-state index in [0.717, 1.165) is 62.5 Å². The molecule has 1 aromatic heterocycles. The van der Waals surface area contributed by atoms with E-state index >= 15 is 0 Å². The maximum absolute atomic E-state index is 13.5. The molecule has 0 spiro atoms. The quantitative estimate of drug-likeness (QED) is 0.324. The third kappa shape index (κ3) is 7.74. The van der Waals surface area contributed by atoms with Crippen molar-refractivity contribution in [2.24, 2.45) is 11.8 Å². The summed E-state index contributed by atoms with van der Waals surface area (Å²) in [5.41, 5.74) is 5.97. The summed E-state index contributed by atoms with van der Waals surface area (Å²) in [6, 6.07) is 6.37. The van der Waals surface area contributed by atoms with Crippen LogP contribution in [0.4, 0.5) is 4.79 Å². The number of aromatic nitrogens is 1. The van der Waals surface area contributed by atoms with Crippen LogP contribution in [-0.2, 0) is 27.2 Å². The minimum absolute atomic E-state index is 0.0190. The Morgan fingerprint density at radius 2 is 1.57 bits per heavy atom. The van der Waals surface area contributed by atoms with Gasteiger partial charge in [0.25, 0.3) is 0 Å². The molecule has 0 saturated carbocycles. The van der Waals surface area contributed by atoms with Crippen molar-refractivity contribution in [3.05, 3.63) is 61.3 Å². The maximum atomic E-state index is 13.5. The second-order valence-corrected chi connectivity index (χ2v) is 16.8. The highest BCUT2D eigenvalue weighted by Crippen LogP contribution is 2.46. The maximum Gasteiger partial charge on any atom is 0.410 e. The first-order chi connectivity index (χ1) is 22.4. The molecule has 0 radical (unpaired) electrons. The SMILES string of the molecule is Cc1cc(Br)c2c(c1)CCc1cc(Br)cnc1[C@@H]2C1CCN(C(=O)CC2CCN(C(=O)[C@@H]3CCCN3C(=O)OC(C)(C)C)CC2)CC1. The molecule has 8 nitrogen and oxygen atoms in total. The number of hydrogen-bond donors (Lipinski definition) is 0. The molecule has 3 aliphatic heterocycles. The van der Waals surface area contributed by atoms with Crippen molar-refractivity contribution < 1.29 is 19.1 Å². The topological polar surface area (TPSA) is 83.1 Å². The summed E-state index contributed by atoms with van der Waals surface area (Å²) < 4.78 is 7.76. The molecule has 4 aliphatic rings. The Morgan fingerprint density at radius 3 is 2.28 bits per heavy atom. The molecule has 3 fully saturated rings. The molecule has 1 aromatic carbocycles. The Balaban J connectivity index is 1.04. The van der Waals surface area contributed by atoms with Crippen LogP contribution in [0, 0.1) is 18.8 Å². The summed E-state index contributed by atoms with van der Waals surface area (Å²) in [7, 11) is 0. The van der Waals surface area contributed by atoms with E-state index < -0.39 is 17.7 Å². The first-order valence-electron chi connectivity index (χ1n) is 17.4. The van der Waals surface area contributed by atoms with E-state index in [1.165, 1.54) is 32.4 Å². The molecule has 0 N–H and O–H groups in total. The fraction of sp³-hybridized carbons (Fsp3) is 0.622. The first kappa shape index (κ1) is 34.4. The monoisotopic (exact) mass is 770 g/mol. The lowest BCUT2D eigenvalue weighted by Gasteiger charge is -2.38. The van der Waals surface area contributed by atoms with E-state index in [2.05, 4.69) is 61.9 Å². The van der Waals surface area contributed by atoms with Crippen molar-refractivity contribution in [2.75, 3.05) is 32.7 Å². The number of hydrogen-bond acceptors (Lipinski definition) is 5. The lowest BCUT2D eigenvalue weighted by atomic mass is 9.76. The molecule has 1 aliphatic carbocycles. The Hall–Kier alpha value is -2.46. The van der Waals surface area contributed by atoms with Crippen LogP contribution < -0.4 is 0 Å². The first-order valence-corrected chi connectivity index (χ1v) is 19.0. The average Bonchev–Trinajstić information content (AvgIpc) is 3.46. The van der Waals surface area contributed by atoms with Crippen LogP contribution in [0.25, 0.3) is 0 Å². The van der Waals surface area contributed by atoms with Gasteiger partial charge in [0, 0.05) is 60.2 Å². The molecule has 3 saturated heterocycles. The van der Waals surface area contributed by atoms with Crippen LogP contribution in [0.15, 0.2) is 33.3 Å². The van der Waals surface area contributed by atoms with Gasteiger partial charge in [-0.1, -0.05) is 22.0 Å². The number of amides is 3. The molecule has 4 heterocycles. The molecule has 2 atom stereocenters. The van der Waals surface area contributed by atoms with E-state index in [1.807, 2.05) is 31.9 Å². The Morgan fingerprint density at radius 1 is 0.894 bits per heavy atom. The molecule has 6 rings (SSSR count). The molecule has 2 aromatic rings. The van der Waals surface area contributed by atoms with Crippen LogP contribution in [-0.4, -0.2) is 82.0 Å². The molecule has 3 amide bonds. The lowest BCUT2D eigenvalue weighted by molar-refractivity contribution is -0.138. The fourth-order valence-corrected chi connectivity index (χ4v) is 9.45. The highest BCUT2D eigenvalue weighted by atomic mass is 79.9. The molecule has 0 unspecified atom stereocenters. The molecular weight excluding hydrogens is 724 g/mol. The second kappa shape index (κ2) is 14.2. The van der Waals surface area contributed by atoms with Gasteiger partial charge < -0.3 is 14.5 Å². The zero-order valence-corrected chi connectivity index (χ0v) is 31.4. The number of rotatable bonds is 4. The van der Waals surface area contributed by atoms with E-state index in [0.29, 0.717) is 38.4 Å². The molecule has 0 bridgehead atoms. The fourth-order valence-electron chi connectivity index (χ4n) is 8.21. The molecular formula is C37H48Br2N4O4. The Kier molecular flexibility index (Phi) is 10.4. The molecule has 47 heavy (non-hydrogen) atoms. The normalized spacial score (nSPS) is 22.5. The van der Waals surface area contributed by atoms with Crippen molar-refractivity contribution >= 4 is 49.8 Å². The summed E-state index contributed by atoms with van der Waals surface area (Å²) >= 11 is 7.58. The number of piperidine rings is 2. The van der Waals surface area contributed by atoms with Gasteiger partial charge in [-0.3, -0.25) is 19.5 Å². The number of nitrogens with zero attached hydrogens (tertiary/aromatic N) is 4. The van der Waals surface area contributed by atoms with Crippen molar-refractivity contribution in [1.29, 1.82) is 0 Å². The Labute approximate surface area is 296 Å². The van der Waals surface area contributed by atoms with Crippen molar-refractivity contribution in [2.45, 2.75) is 103 Å². The van der Waals surface area contributed by atoms with Crippen LogP contribution in [0.3, 0.4) is 0 Å². The Bertz CT molecular complexity index is 1510. The predicted molar refractivity (Wildman–Crippen MR) is 189 cm³/mol. The predicted octanol–water partition coefficient (Wildman–Crippen LogP) is 7.41. The number of halogens is 2. The summed E-state index contributed by atoms with van der Waals surface area (Å²) in [4.78, 5) is 50.3. The second-order valence-electron chi connectivity index (χ2n) is 15.0. The van der Waals surface area contributed by atoms with Gasteiger partial charge in [-0.25, -0.2) is 4.79 Å². The lowest BCUT2D eigenvalue weighted by Crippen LogP contribution is -2.51. The average molecular weight is 773 g/mol. The van der Waals surface area contributed by atoms with Crippen molar-refractivity contribution in [3.8, 4) is 0 Å². The number of aryl methyl sites for hydroxylation is 3. The smallest absolute Gasteiger partial charge is 0.410 e. The van der Waals surface area contributed by atoms with Gasteiger partial charge in [0.15, 0.2) is 0 Å². The van der Waals surface area contributed by atoms with Gasteiger partial charge in [-0.15, -0.1) is 0 Å². The third-order valence-electron chi connectivity index (χ3n) is 10.5. The van der Waals surface area contributed by atoms with Gasteiger partial charge in [-0.05, 0) is 141 Å². The van der Waals surface area contributed by atoms with Crippen LogP contribution in [0.1, 0.15) is 99.6 Å². The van der Waals surface area contributed by atoms with E-state index in [4.69, 9.17) is 9.72 Å². The van der Waals surface area contributed by atoms with Crippen LogP contribution in [0.2, 0.25) is 0 Å². The minimum Gasteiger partial charge on any atom is -0.444 e. The van der Waals surface area contributed by atoms with Gasteiger partial charge in [-0.2, -0.15) is 0 Å². The number of pyridine rings is 1. The van der Waals surface area contributed by atoms with E-state index in [1.54, 1.807) is 4.90 Å². The van der Waals surface area contributed by atoms with Gasteiger partial charge in [0.1, 0.15) is 11.6 Å². The number of carbonyl (C=O) groups excluding carboxylic acids is 3. The van der Waals surface area contributed by atoms with Gasteiger partial charge in [0.05, 0.1) is 5.69 Å². The highest BCUT2D eigenvalue weighted by Gasteiger charge is 2.40. The third-order valence-corrected chi connectivity index (χ3v) is 11.6. The summed E-state index contributed by atoms with van der Waals surface area (Å²) in [5.74, 6) is 1.15. The number of ether oxygens (including phenoxy) is 1. The number of fused-ring (bicyclic) bond motifs is 2. The van der Waals surface area contributed by atoms with Crippen molar-refractivity contribution in [1.82, 2.24) is 19.7 Å². The molecule has 10 heteroatoms. The number of likely N-dealkylation sites (tertiary alicyclic amines) is 3. The van der Waals surface area contributed by atoms with Crippen LogP contribution in [0.5, 0.6) is 0 Å². The number of benzene rings is 1. The zero-order chi connectivity index (χ0) is 33.5. The highest BCUT2D eigenvalue weighted by molar-refractivity contribution is 9.10. The summed E-state index contributed by atoms with van der Waals surface area (Å²) in [5, 5.41) is 0. The number of carbonyl (C=O) groups is 3. The summed E-state index contributed by atoms with van der Waals surface area (Å²) in [6.45, 7) is 11.1. The van der Waals surface area contributed by atoms with E-state index in [9.17, 15) is 14.4 Å². The van der Waals surface area contributed by atoms with Crippen LogP contribution >= 0.6 is 31.9 Å². The van der Waals surface area contributed by atoms with Crippen molar-refractivity contribution in [3.63, 3.8) is 0 Å². The standard InChI is InChI=1S/C37H48Br2N4O4/c1-23-18-26-7-8-27-21-28(38)22-40-34(27)33(32(26)29(39)19-23)25-11-16-41(17-12-25)31(44)20-24-9-14-42(15-10-24)35(45)30-6-5-13-43(30)36(46)47-37(2,3)4/h18-19,21-22,24-25,30,33H,5-17,20H2,1-4H3/t30-,33+/m0/s1. The largest absolute Gasteiger partial charge is 0.444 e. The zero-order valence-electron chi connectivity index (χ0n) is 28.2. The van der Waals surface area contributed by atoms with Gasteiger partial charge in [0.2, 0.25) is 11.8 Å². The minimum atomic E-state index is -0.593. The van der Waals surface area contributed by atoms with E-state index in [-0.39, 0.29) is 23.7 Å².